The van der Waals surface area contributed by atoms with Gasteiger partial charge in [-0.05, 0) is 61.5 Å². The van der Waals surface area contributed by atoms with Crippen molar-refractivity contribution in [3.05, 3.63) is 78.1 Å². The zero-order valence-corrected chi connectivity index (χ0v) is 14.6. The van der Waals surface area contributed by atoms with Gasteiger partial charge in [0.25, 0.3) is 0 Å². The van der Waals surface area contributed by atoms with E-state index in [1.165, 1.54) is 18.2 Å². The average molecular weight is 367 g/mol. The summed E-state index contributed by atoms with van der Waals surface area (Å²) in [6.45, 7) is 2.44. The molecule has 0 saturated carbocycles. The number of ether oxygens (including phenoxy) is 3. The van der Waals surface area contributed by atoms with Gasteiger partial charge in [-0.1, -0.05) is 6.07 Å². The van der Waals surface area contributed by atoms with E-state index in [2.05, 4.69) is 0 Å². The first-order valence-electron chi connectivity index (χ1n) is 8.33. The van der Waals surface area contributed by atoms with E-state index in [-0.39, 0.29) is 5.56 Å². The molecule has 0 aliphatic carbocycles. The Hall–Kier alpha value is -3.54. The maximum absolute atomic E-state index is 13.2. The van der Waals surface area contributed by atoms with Gasteiger partial charge in [0.05, 0.1) is 17.9 Å². The van der Waals surface area contributed by atoms with Gasteiger partial charge in [0.1, 0.15) is 23.1 Å². The molecule has 0 aromatic heterocycles. The molecule has 0 saturated heterocycles. The summed E-state index contributed by atoms with van der Waals surface area (Å²) in [5.74, 6) is 0.859. The van der Waals surface area contributed by atoms with Crippen LogP contribution in [0.15, 0.2) is 66.7 Å². The average Bonchev–Trinajstić information content (AvgIpc) is 2.66. The van der Waals surface area contributed by atoms with Gasteiger partial charge < -0.3 is 19.9 Å². The predicted octanol–water partition coefficient (Wildman–Crippen LogP) is 4.82. The molecule has 0 atom stereocenters. The van der Waals surface area contributed by atoms with Crippen LogP contribution >= 0.6 is 0 Å². The van der Waals surface area contributed by atoms with Gasteiger partial charge in [-0.3, -0.25) is 0 Å². The quantitative estimate of drug-likeness (QED) is 0.384. The van der Waals surface area contributed by atoms with Crippen molar-refractivity contribution in [2.45, 2.75) is 6.92 Å². The van der Waals surface area contributed by atoms with Crippen molar-refractivity contribution in [1.29, 1.82) is 0 Å². The molecule has 0 aliphatic rings. The highest BCUT2D eigenvalue weighted by molar-refractivity contribution is 5.91. The van der Waals surface area contributed by atoms with Crippen LogP contribution in [0.2, 0.25) is 0 Å². The van der Waals surface area contributed by atoms with E-state index in [4.69, 9.17) is 19.9 Å². The van der Waals surface area contributed by atoms with Crippen molar-refractivity contribution >= 4 is 11.7 Å². The molecule has 2 N–H and O–H groups in total. The van der Waals surface area contributed by atoms with Crippen LogP contribution in [0.3, 0.4) is 0 Å². The zero-order valence-electron chi connectivity index (χ0n) is 14.6. The van der Waals surface area contributed by atoms with E-state index >= 15 is 0 Å². The molecule has 6 heteroatoms. The van der Waals surface area contributed by atoms with Crippen molar-refractivity contribution in [2.24, 2.45) is 0 Å². The number of rotatable bonds is 6. The third-order valence-corrected chi connectivity index (χ3v) is 3.61. The smallest absolute Gasteiger partial charge is 0.343 e. The number of carbonyl (C=O) groups excluding carboxylic acids is 1. The number of nitrogen functional groups attached to an aromatic ring is 1. The second-order valence-electron chi connectivity index (χ2n) is 5.61. The molecule has 0 radical (unpaired) electrons. The number of nitrogens with two attached hydrogens (primary N) is 1. The first-order valence-corrected chi connectivity index (χ1v) is 8.33. The summed E-state index contributed by atoms with van der Waals surface area (Å²) in [4.78, 5) is 12.0. The second-order valence-corrected chi connectivity index (χ2v) is 5.61. The maximum atomic E-state index is 13.2. The summed E-state index contributed by atoms with van der Waals surface area (Å²) < 4.78 is 29.5. The molecule has 0 amide bonds. The van der Waals surface area contributed by atoms with Gasteiger partial charge in [0.2, 0.25) is 0 Å². The van der Waals surface area contributed by atoms with E-state index in [1.54, 1.807) is 42.5 Å². The summed E-state index contributed by atoms with van der Waals surface area (Å²) in [7, 11) is 0. The molecule has 0 aliphatic heterocycles. The molecule has 0 fully saturated rings. The van der Waals surface area contributed by atoms with Crippen LogP contribution in [-0.2, 0) is 0 Å². The molecule has 3 aromatic carbocycles. The normalized spacial score (nSPS) is 10.3. The SMILES string of the molecule is CCOc1ccc(Oc2ccc(OC(=O)c3cccc(F)c3)cc2)c(N)c1. The molecule has 3 aromatic rings. The fourth-order valence-electron chi connectivity index (χ4n) is 2.36. The van der Waals surface area contributed by atoms with Crippen LogP contribution in [0, 0.1) is 5.82 Å². The Bertz CT molecular complexity index is 941. The lowest BCUT2D eigenvalue weighted by Crippen LogP contribution is -2.08. The third-order valence-electron chi connectivity index (χ3n) is 3.61. The summed E-state index contributed by atoms with van der Waals surface area (Å²) >= 11 is 0. The fraction of sp³-hybridized carbons (Fsp3) is 0.0952. The Morgan fingerprint density at radius 1 is 0.963 bits per heavy atom. The third kappa shape index (κ3) is 4.76. The van der Waals surface area contributed by atoms with Crippen molar-refractivity contribution in [3.8, 4) is 23.0 Å². The first-order chi connectivity index (χ1) is 13.0. The van der Waals surface area contributed by atoms with Gasteiger partial charge in [0.15, 0.2) is 5.75 Å². The minimum absolute atomic E-state index is 0.137. The minimum Gasteiger partial charge on any atom is -0.494 e. The predicted molar refractivity (Wildman–Crippen MR) is 99.9 cm³/mol. The highest BCUT2D eigenvalue weighted by Crippen LogP contribution is 2.31. The number of hydrogen-bond acceptors (Lipinski definition) is 5. The standard InChI is InChI=1S/C21H18FNO4/c1-2-25-18-10-11-20(19(23)13-18)26-16-6-8-17(9-7-16)27-21(24)14-4-3-5-15(22)12-14/h3-13H,2,23H2,1H3. The molecule has 27 heavy (non-hydrogen) atoms. The van der Waals surface area contributed by atoms with Gasteiger partial charge >= 0.3 is 5.97 Å². The van der Waals surface area contributed by atoms with Crippen LogP contribution in [0.1, 0.15) is 17.3 Å². The summed E-state index contributed by atoms with van der Waals surface area (Å²) in [5, 5.41) is 0. The van der Waals surface area contributed by atoms with Crippen molar-refractivity contribution in [1.82, 2.24) is 0 Å². The Morgan fingerprint density at radius 3 is 2.33 bits per heavy atom. The molecular formula is C21H18FNO4. The van der Waals surface area contributed by atoms with Gasteiger partial charge in [0, 0.05) is 6.07 Å². The fourth-order valence-corrected chi connectivity index (χ4v) is 2.36. The molecule has 138 valence electrons. The van der Waals surface area contributed by atoms with Crippen LogP contribution in [0.5, 0.6) is 23.0 Å². The second kappa shape index (κ2) is 8.23. The number of carbonyl (C=O) groups is 1. The largest absolute Gasteiger partial charge is 0.494 e. The maximum Gasteiger partial charge on any atom is 0.343 e. The van der Waals surface area contributed by atoms with Crippen LogP contribution < -0.4 is 19.9 Å². The Kier molecular flexibility index (Phi) is 5.56. The zero-order chi connectivity index (χ0) is 19.2. The van der Waals surface area contributed by atoms with Gasteiger partial charge in [-0.15, -0.1) is 0 Å². The van der Waals surface area contributed by atoms with E-state index in [0.717, 1.165) is 6.07 Å². The molecular weight excluding hydrogens is 349 g/mol. The summed E-state index contributed by atoms with van der Waals surface area (Å²) in [6.07, 6.45) is 0. The van der Waals surface area contributed by atoms with E-state index in [9.17, 15) is 9.18 Å². The Labute approximate surface area is 156 Å². The number of esters is 1. The Morgan fingerprint density at radius 2 is 1.67 bits per heavy atom. The number of hydrogen-bond donors (Lipinski definition) is 1. The van der Waals surface area contributed by atoms with Crippen molar-refractivity contribution < 1.29 is 23.4 Å². The topological polar surface area (TPSA) is 70.8 Å². The minimum atomic E-state index is -0.640. The molecule has 0 heterocycles. The lowest BCUT2D eigenvalue weighted by Gasteiger charge is -2.11. The van der Waals surface area contributed by atoms with E-state index < -0.39 is 11.8 Å². The number of anilines is 1. The molecule has 0 unspecified atom stereocenters. The van der Waals surface area contributed by atoms with Gasteiger partial charge in [-0.25, -0.2) is 9.18 Å². The first kappa shape index (κ1) is 18.3. The molecule has 0 spiro atoms. The lowest BCUT2D eigenvalue weighted by molar-refractivity contribution is 0.0734. The molecule has 0 bridgehead atoms. The van der Waals surface area contributed by atoms with Crippen molar-refractivity contribution in [3.63, 3.8) is 0 Å². The van der Waals surface area contributed by atoms with Crippen LogP contribution in [-0.4, -0.2) is 12.6 Å². The summed E-state index contributed by atoms with van der Waals surface area (Å²) in [5.41, 5.74) is 6.55. The van der Waals surface area contributed by atoms with Gasteiger partial charge in [-0.2, -0.15) is 0 Å². The highest BCUT2D eigenvalue weighted by Gasteiger charge is 2.10. The Balaban J connectivity index is 1.66. The van der Waals surface area contributed by atoms with E-state index in [0.29, 0.717) is 35.3 Å². The summed E-state index contributed by atoms with van der Waals surface area (Å²) in [6, 6.07) is 16.9. The van der Waals surface area contributed by atoms with Crippen molar-refractivity contribution in [2.75, 3.05) is 12.3 Å². The number of benzene rings is 3. The highest BCUT2D eigenvalue weighted by atomic mass is 19.1. The molecule has 5 nitrogen and oxygen atoms in total. The molecule has 3 rings (SSSR count). The van der Waals surface area contributed by atoms with E-state index in [1.807, 2.05) is 6.92 Å². The van der Waals surface area contributed by atoms with Crippen LogP contribution in [0.4, 0.5) is 10.1 Å². The monoisotopic (exact) mass is 367 g/mol. The lowest BCUT2D eigenvalue weighted by atomic mass is 10.2. The number of halogens is 1. The van der Waals surface area contributed by atoms with Crippen LogP contribution in [0.25, 0.3) is 0 Å².